The van der Waals surface area contributed by atoms with Crippen LogP contribution in [0.2, 0.25) is 0 Å². The molecule has 9 rings (SSSR count). The molecule has 1 aromatic heterocycles. The van der Waals surface area contributed by atoms with Crippen LogP contribution in [0.15, 0.2) is 83.5 Å². The van der Waals surface area contributed by atoms with Gasteiger partial charge in [0.15, 0.2) is 70.0 Å². The van der Waals surface area contributed by atoms with Gasteiger partial charge in [-0.3, -0.25) is 19.2 Å². The highest BCUT2D eigenvalue weighted by molar-refractivity contribution is 9.09. The number of nitrogens with zero attached hydrogens (tertiary/aromatic N) is 1. The van der Waals surface area contributed by atoms with E-state index in [1.807, 2.05) is 18.2 Å². The third-order valence-corrected chi connectivity index (χ3v) is 9.13. The monoisotopic (exact) mass is 920 g/mol. The molecule has 5 heterocycles. The summed E-state index contributed by atoms with van der Waals surface area (Å²) in [7, 11) is 0. The van der Waals surface area contributed by atoms with E-state index in [9.17, 15) is 19.2 Å². The van der Waals surface area contributed by atoms with Gasteiger partial charge in [0, 0.05) is 29.2 Å². The lowest BCUT2D eigenvalue weighted by molar-refractivity contribution is -0.139. The van der Waals surface area contributed by atoms with Crippen LogP contribution in [0.3, 0.4) is 0 Å². The highest BCUT2D eigenvalue weighted by Gasteiger charge is 2.18. The van der Waals surface area contributed by atoms with Crippen LogP contribution in [-0.2, 0) is 9.53 Å². The predicted molar refractivity (Wildman–Crippen MR) is 227 cm³/mol. The molecular formula is C44H45BrN2O15. The number of carbonyl (C=O) groups is 4. The average molecular weight is 922 g/mol. The number of alkyl halides is 1. The Balaban J connectivity index is 0.000000156. The normalized spacial score (nSPS) is 13.3. The zero-order chi connectivity index (χ0) is 43.1. The first-order chi connectivity index (χ1) is 29.6. The number of halogens is 1. The molecule has 18 heteroatoms. The van der Waals surface area contributed by atoms with Crippen molar-refractivity contribution in [2.24, 2.45) is 0 Å². The summed E-state index contributed by atoms with van der Waals surface area (Å²) < 4.78 is 52.5. The molecule has 328 valence electrons. The van der Waals surface area contributed by atoms with Crippen molar-refractivity contribution in [3.8, 4) is 57.3 Å². The maximum atomic E-state index is 11.7. The van der Waals surface area contributed by atoms with Crippen molar-refractivity contribution < 1.29 is 71.3 Å². The van der Waals surface area contributed by atoms with E-state index in [1.165, 1.54) is 13.2 Å². The molecule has 0 radical (unpaired) electrons. The number of nitrogens with two attached hydrogens (primary N) is 1. The molecular weight excluding hydrogens is 876 g/mol. The molecule has 3 N–H and O–H groups in total. The quantitative estimate of drug-likeness (QED) is 0.100. The fourth-order valence-electron chi connectivity index (χ4n) is 5.69. The zero-order valence-corrected chi connectivity index (χ0v) is 34.4. The summed E-state index contributed by atoms with van der Waals surface area (Å²) in [6.07, 6.45) is 1.51. The van der Waals surface area contributed by atoms with Crippen LogP contribution < -0.4 is 43.6 Å². The Morgan fingerprint density at radius 2 is 0.984 bits per heavy atom. The molecule has 4 aromatic carbocycles. The van der Waals surface area contributed by atoms with Gasteiger partial charge in [0.1, 0.15) is 71.4 Å². The zero-order valence-electron chi connectivity index (χ0n) is 32.8. The van der Waals surface area contributed by atoms with Crippen molar-refractivity contribution in [1.82, 2.24) is 4.98 Å². The van der Waals surface area contributed by atoms with Crippen LogP contribution >= 0.6 is 15.9 Å². The topological polar surface area (TPSA) is 224 Å². The second-order valence-electron chi connectivity index (χ2n) is 12.8. The number of anilines is 1. The molecule has 0 bridgehead atoms. The molecule has 17 nitrogen and oxygen atoms in total. The summed E-state index contributed by atoms with van der Waals surface area (Å²) in [6, 6.07) is 20.8. The van der Waals surface area contributed by atoms with Gasteiger partial charge in [0.2, 0.25) is 0 Å². The summed E-state index contributed by atoms with van der Waals surface area (Å²) in [5.41, 5.74) is 8.53. The molecule has 0 aliphatic carbocycles. The Hall–Kier alpha value is -6.79. The van der Waals surface area contributed by atoms with Crippen molar-refractivity contribution in [2.45, 2.75) is 14.4 Å². The minimum atomic E-state index is -0.486. The van der Waals surface area contributed by atoms with E-state index in [4.69, 9.17) is 53.2 Å². The number of hydrogen-bond donors (Lipinski definition) is 2. The summed E-state index contributed by atoms with van der Waals surface area (Å²) >= 11 is 3.13. The Labute approximate surface area is 365 Å². The van der Waals surface area contributed by atoms with E-state index in [-0.39, 0.29) is 37.4 Å². The number of rotatable bonds is 8. The number of Topliss-reactive ketones (excluding diaryl/α,β-unsaturated/α-hetero) is 3. The fourth-order valence-corrected chi connectivity index (χ4v) is 6.02. The Morgan fingerprint density at radius 3 is 1.37 bits per heavy atom. The van der Waals surface area contributed by atoms with Gasteiger partial charge >= 0.3 is 5.97 Å². The average Bonchev–Trinajstić information content (AvgIpc) is 3.76. The number of ether oxygens (including phenoxy) is 9. The molecule has 0 saturated heterocycles. The molecule has 62 heavy (non-hydrogen) atoms. The highest BCUT2D eigenvalue weighted by Crippen LogP contribution is 2.35. The lowest BCUT2D eigenvalue weighted by atomic mass is 10.1. The van der Waals surface area contributed by atoms with E-state index in [2.05, 4.69) is 25.7 Å². The summed E-state index contributed by atoms with van der Waals surface area (Å²) in [5, 5.41) is 9.00. The van der Waals surface area contributed by atoms with Gasteiger partial charge in [0.25, 0.3) is 6.01 Å². The van der Waals surface area contributed by atoms with Gasteiger partial charge in [-0.25, -0.2) is 0 Å². The molecule has 0 unspecified atom stereocenters. The molecule has 5 aromatic rings. The third-order valence-electron chi connectivity index (χ3n) is 8.62. The standard InChI is InChI=1S/C12H12O5.C11H10N2O3.C10H9BrO3.C10H10O4.CH4/c1-8(13)17-7-10(14)9-2-3-11-12(6-9)16-5-4-15-11;12-11-13-8(6-16-11)7-1-2-9-10(5-7)15-4-3-14-9;2*11-6-8(12)7-1-2-9-10(5-7)14-4-3-13-9;/h2-3,6H,4-5,7H2,1H3;1-2,5-6H,3-4H2,(H2,12,13);1-2,5H,3-4,6H2;1-2,5,11H,3-4,6H2;1H4. The van der Waals surface area contributed by atoms with Crippen molar-refractivity contribution in [3.05, 3.63) is 95.7 Å². The van der Waals surface area contributed by atoms with E-state index >= 15 is 0 Å². The third kappa shape index (κ3) is 12.6. The highest BCUT2D eigenvalue weighted by atomic mass is 79.9. The number of esters is 1. The lowest BCUT2D eigenvalue weighted by Crippen LogP contribution is -2.17. The van der Waals surface area contributed by atoms with E-state index in [0.717, 1.165) is 17.1 Å². The fraction of sp³-hybridized carbons (Fsp3) is 0.295. The van der Waals surface area contributed by atoms with Crippen LogP contribution in [0, 0.1) is 0 Å². The van der Waals surface area contributed by atoms with Gasteiger partial charge in [-0.05, 0) is 72.8 Å². The number of aliphatic hydroxyl groups is 1. The predicted octanol–water partition coefficient (Wildman–Crippen LogP) is 6.20. The minimum absolute atomic E-state index is 0. The number of aliphatic hydroxyl groups excluding tert-OH is 1. The van der Waals surface area contributed by atoms with Gasteiger partial charge in [-0.1, -0.05) is 23.4 Å². The lowest BCUT2D eigenvalue weighted by Gasteiger charge is -2.18. The van der Waals surface area contributed by atoms with Crippen LogP contribution in [0.1, 0.15) is 45.4 Å². The molecule has 0 fully saturated rings. The first kappa shape index (κ1) is 46.3. The molecule has 4 aliphatic rings. The molecule has 0 amide bonds. The Bertz CT molecular complexity index is 2280. The van der Waals surface area contributed by atoms with E-state index in [0.29, 0.717) is 115 Å². The molecule has 0 saturated carbocycles. The number of nitrogen functional groups attached to an aromatic ring is 1. The number of fused-ring (bicyclic) bond motifs is 4. The van der Waals surface area contributed by atoms with Crippen molar-refractivity contribution >= 4 is 45.3 Å². The van der Waals surface area contributed by atoms with E-state index in [1.54, 1.807) is 54.6 Å². The van der Waals surface area contributed by atoms with Gasteiger partial charge in [-0.15, -0.1) is 0 Å². The van der Waals surface area contributed by atoms with Gasteiger partial charge < -0.3 is 57.9 Å². The van der Waals surface area contributed by atoms with Gasteiger partial charge in [-0.2, -0.15) is 4.98 Å². The smallest absolute Gasteiger partial charge is 0.303 e. The van der Waals surface area contributed by atoms with Crippen LogP contribution in [0.5, 0.6) is 46.0 Å². The second-order valence-corrected chi connectivity index (χ2v) is 13.4. The number of aromatic nitrogens is 1. The number of benzene rings is 4. The second kappa shape index (κ2) is 22.7. The van der Waals surface area contributed by atoms with Crippen molar-refractivity contribution in [3.63, 3.8) is 0 Å². The van der Waals surface area contributed by atoms with Crippen LogP contribution in [-0.4, -0.2) is 105 Å². The Morgan fingerprint density at radius 1 is 0.597 bits per heavy atom. The number of ketones is 3. The van der Waals surface area contributed by atoms with Crippen LogP contribution in [0.4, 0.5) is 6.01 Å². The number of hydrogen-bond acceptors (Lipinski definition) is 17. The van der Waals surface area contributed by atoms with Crippen molar-refractivity contribution in [1.29, 1.82) is 0 Å². The first-order valence-electron chi connectivity index (χ1n) is 18.8. The maximum Gasteiger partial charge on any atom is 0.303 e. The summed E-state index contributed by atoms with van der Waals surface area (Å²) in [4.78, 5) is 48.8. The van der Waals surface area contributed by atoms with Crippen LogP contribution in [0.25, 0.3) is 11.3 Å². The number of carbonyl (C=O) groups excluding carboxylic acids is 4. The van der Waals surface area contributed by atoms with E-state index < -0.39 is 12.6 Å². The summed E-state index contributed by atoms with van der Waals surface area (Å²) in [6.45, 7) is 4.77. The minimum Gasteiger partial charge on any atom is -0.486 e. The molecule has 0 atom stereocenters. The molecule has 0 spiro atoms. The first-order valence-corrected chi connectivity index (χ1v) is 19.9. The van der Waals surface area contributed by atoms with Gasteiger partial charge in [0.05, 0.1) is 5.33 Å². The SMILES string of the molecule is C.CC(=O)OCC(=O)c1ccc2c(c1)OCCO2.Nc1nc(-c2ccc3c(c2)OCCO3)co1.O=C(CBr)c1ccc2c(c1)OCCO2.O=C(CO)c1ccc2c(c1)OCCO2. The maximum absolute atomic E-state index is 11.7. The van der Waals surface area contributed by atoms with Crippen molar-refractivity contribution in [2.75, 3.05) is 77.1 Å². The molecule has 4 aliphatic heterocycles. The summed E-state index contributed by atoms with van der Waals surface area (Å²) in [5.74, 6) is 4.21. The number of oxazole rings is 1. The largest absolute Gasteiger partial charge is 0.486 e. The Kier molecular flexibility index (Phi) is 17.0.